The summed E-state index contributed by atoms with van der Waals surface area (Å²) in [6.07, 6.45) is 0. The first-order chi connectivity index (χ1) is 10.9. The number of sulfonamides is 1. The molecule has 0 unspecified atom stereocenters. The van der Waals surface area contributed by atoms with Gasteiger partial charge in [0.25, 0.3) is 0 Å². The van der Waals surface area contributed by atoms with Crippen LogP contribution in [0.4, 0.5) is 10.1 Å². The van der Waals surface area contributed by atoms with Crippen molar-refractivity contribution < 1.29 is 22.8 Å². The minimum absolute atomic E-state index is 0.119. The summed E-state index contributed by atoms with van der Waals surface area (Å²) in [6.45, 7) is 3.06. The summed E-state index contributed by atoms with van der Waals surface area (Å²) >= 11 is 0. The van der Waals surface area contributed by atoms with Gasteiger partial charge in [0.15, 0.2) is 0 Å². The van der Waals surface area contributed by atoms with Crippen LogP contribution in [0.25, 0.3) is 11.1 Å². The number of nitro benzene ring substituents is 1. The molecule has 0 aliphatic carbocycles. The Bertz CT molecular complexity index is 920. The van der Waals surface area contributed by atoms with Gasteiger partial charge >= 0.3 is 5.69 Å². The third kappa shape index (κ3) is 3.42. The van der Waals surface area contributed by atoms with Crippen molar-refractivity contribution in [3.05, 3.63) is 57.9 Å². The molecule has 0 saturated heterocycles. The van der Waals surface area contributed by atoms with E-state index in [2.05, 4.69) is 0 Å². The number of primary sulfonamides is 1. The quantitative estimate of drug-likeness (QED) is 0.644. The minimum atomic E-state index is -4.56. The maximum Gasteiger partial charge on any atom is 0.306 e. The van der Waals surface area contributed by atoms with Gasteiger partial charge in [-0.05, 0) is 37.1 Å². The Morgan fingerprint density at radius 2 is 1.88 bits per heavy atom. The highest BCUT2D eigenvalue weighted by atomic mass is 32.2. The van der Waals surface area contributed by atoms with Crippen molar-refractivity contribution in [2.75, 3.05) is 0 Å². The van der Waals surface area contributed by atoms with Gasteiger partial charge in [0, 0.05) is 11.6 Å². The summed E-state index contributed by atoms with van der Waals surface area (Å²) in [6, 6.07) is 8.11. The van der Waals surface area contributed by atoms with E-state index in [0.717, 1.165) is 12.1 Å². The van der Waals surface area contributed by atoms with Crippen LogP contribution in [0, 0.1) is 15.9 Å². The van der Waals surface area contributed by atoms with Crippen LogP contribution in [-0.4, -0.2) is 18.4 Å². The van der Waals surface area contributed by atoms with Gasteiger partial charge in [-0.3, -0.25) is 10.1 Å². The van der Waals surface area contributed by atoms with E-state index in [0.29, 0.717) is 5.56 Å². The summed E-state index contributed by atoms with van der Waals surface area (Å²) in [5, 5.41) is 25.9. The third-order valence-electron chi connectivity index (χ3n) is 3.44. The summed E-state index contributed by atoms with van der Waals surface area (Å²) in [5.74, 6) is -1.52. The van der Waals surface area contributed by atoms with Gasteiger partial charge in [-0.2, -0.15) is 4.39 Å². The molecule has 0 radical (unpaired) electrons. The highest BCUT2D eigenvalue weighted by molar-refractivity contribution is 7.89. The summed E-state index contributed by atoms with van der Waals surface area (Å²) in [4.78, 5) is 8.85. The van der Waals surface area contributed by atoms with Gasteiger partial charge < -0.3 is 5.11 Å². The first-order valence-electron chi connectivity index (χ1n) is 6.76. The van der Waals surface area contributed by atoms with Crippen LogP contribution in [0.15, 0.2) is 41.3 Å². The second kappa shape index (κ2) is 5.93. The Balaban J connectivity index is 2.81. The number of hydrogen-bond donors (Lipinski definition) is 2. The molecule has 0 atom stereocenters. The van der Waals surface area contributed by atoms with Crippen molar-refractivity contribution in [3.8, 4) is 11.1 Å². The number of benzene rings is 2. The third-order valence-corrected chi connectivity index (χ3v) is 4.41. The largest absolute Gasteiger partial charge is 0.386 e. The maximum atomic E-state index is 14.3. The van der Waals surface area contributed by atoms with Crippen LogP contribution in [-0.2, 0) is 15.6 Å². The smallest absolute Gasteiger partial charge is 0.306 e. The number of aliphatic hydroxyl groups is 1. The van der Waals surface area contributed by atoms with Crippen LogP contribution in [0.3, 0.4) is 0 Å². The number of rotatable bonds is 4. The highest BCUT2D eigenvalue weighted by Crippen LogP contribution is 2.35. The highest BCUT2D eigenvalue weighted by Gasteiger charge is 2.29. The van der Waals surface area contributed by atoms with Crippen molar-refractivity contribution in [2.24, 2.45) is 5.14 Å². The summed E-state index contributed by atoms with van der Waals surface area (Å²) < 4.78 is 37.9. The van der Waals surface area contributed by atoms with Crippen molar-refractivity contribution in [1.29, 1.82) is 0 Å². The second-order valence-corrected chi connectivity index (χ2v) is 7.22. The molecule has 9 heteroatoms. The molecule has 7 nitrogen and oxygen atoms in total. The van der Waals surface area contributed by atoms with E-state index < -0.39 is 36.9 Å². The van der Waals surface area contributed by atoms with E-state index in [1.807, 2.05) is 0 Å². The average Bonchev–Trinajstić information content (AvgIpc) is 2.44. The molecular formula is C15H15FN2O5S. The molecule has 0 aromatic heterocycles. The Labute approximate surface area is 137 Å². The fourth-order valence-electron chi connectivity index (χ4n) is 2.26. The van der Waals surface area contributed by atoms with Crippen LogP contribution >= 0.6 is 0 Å². The molecule has 24 heavy (non-hydrogen) atoms. The standard InChI is InChI=1S/C15H15FN2O5S/c1-15(2,19)10-5-3-4-9(8-10)11-6-7-12(18(20)21)13(16)14(11)24(17,22)23/h3-8,19H,1-2H3,(H2,17,22,23). The molecule has 3 N–H and O–H groups in total. The summed E-state index contributed by atoms with van der Waals surface area (Å²) in [7, 11) is -4.56. The monoisotopic (exact) mass is 354 g/mol. The molecule has 0 amide bonds. The van der Waals surface area contributed by atoms with E-state index in [1.165, 1.54) is 26.0 Å². The molecule has 0 aliphatic rings. The molecule has 0 saturated carbocycles. The number of nitrogens with two attached hydrogens (primary N) is 1. The molecule has 2 rings (SSSR count). The number of nitrogens with zero attached hydrogens (tertiary/aromatic N) is 1. The fraction of sp³-hybridized carbons (Fsp3) is 0.200. The van der Waals surface area contributed by atoms with Crippen molar-refractivity contribution in [1.82, 2.24) is 0 Å². The molecule has 128 valence electrons. The lowest BCUT2D eigenvalue weighted by atomic mass is 9.94. The molecule has 0 heterocycles. The van der Waals surface area contributed by atoms with Crippen LogP contribution in [0.5, 0.6) is 0 Å². The SMILES string of the molecule is CC(C)(O)c1cccc(-c2ccc([N+](=O)[O-])c(F)c2S(N)(=O)=O)c1. The zero-order valence-corrected chi connectivity index (χ0v) is 13.7. The molecule has 2 aromatic rings. The van der Waals surface area contributed by atoms with Gasteiger partial charge in [-0.1, -0.05) is 18.2 Å². The fourth-order valence-corrected chi connectivity index (χ4v) is 3.11. The maximum absolute atomic E-state index is 14.3. The Hall–Kier alpha value is -2.36. The molecule has 0 spiro atoms. The van der Waals surface area contributed by atoms with Gasteiger partial charge in [-0.25, -0.2) is 13.6 Å². The molecular weight excluding hydrogens is 339 g/mol. The lowest BCUT2D eigenvalue weighted by Gasteiger charge is -2.19. The van der Waals surface area contributed by atoms with E-state index in [1.54, 1.807) is 12.1 Å². The Kier molecular flexibility index (Phi) is 4.44. The van der Waals surface area contributed by atoms with Crippen molar-refractivity contribution in [2.45, 2.75) is 24.3 Å². The van der Waals surface area contributed by atoms with E-state index in [9.17, 15) is 28.0 Å². The molecule has 2 aromatic carbocycles. The lowest BCUT2D eigenvalue weighted by Crippen LogP contribution is -2.17. The van der Waals surface area contributed by atoms with E-state index >= 15 is 0 Å². The topological polar surface area (TPSA) is 124 Å². The minimum Gasteiger partial charge on any atom is -0.386 e. The zero-order valence-electron chi connectivity index (χ0n) is 12.9. The Morgan fingerprint density at radius 3 is 2.38 bits per heavy atom. The average molecular weight is 354 g/mol. The Morgan fingerprint density at radius 1 is 1.25 bits per heavy atom. The van der Waals surface area contributed by atoms with Gasteiger partial charge in [-0.15, -0.1) is 0 Å². The zero-order chi connectivity index (χ0) is 18.3. The predicted molar refractivity (Wildman–Crippen MR) is 85.1 cm³/mol. The van der Waals surface area contributed by atoms with Crippen LogP contribution in [0.1, 0.15) is 19.4 Å². The van der Waals surface area contributed by atoms with Crippen molar-refractivity contribution >= 4 is 15.7 Å². The van der Waals surface area contributed by atoms with Gasteiger partial charge in [0.2, 0.25) is 15.8 Å². The number of nitro groups is 1. The number of hydrogen-bond acceptors (Lipinski definition) is 5. The molecule has 0 fully saturated rings. The number of halogens is 1. The van der Waals surface area contributed by atoms with Crippen LogP contribution in [0.2, 0.25) is 0 Å². The van der Waals surface area contributed by atoms with E-state index in [-0.39, 0.29) is 11.1 Å². The first kappa shape index (κ1) is 18.0. The van der Waals surface area contributed by atoms with Gasteiger partial charge in [0.05, 0.1) is 10.5 Å². The van der Waals surface area contributed by atoms with Crippen molar-refractivity contribution in [3.63, 3.8) is 0 Å². The lowest BCUT2D eigenvalue weighted by molar-refractivity contribution is -0.387. The second-order valence-electron chi connectivity index (χ2n) is 5.72. The molecule has 0 bridgehead atoms. The normalized spacial score (nSPS) is 12.2. The predicted octanol–water partition coefficient (Wildman–Crippen LogP) is 2.28. The molecule has 0 aliphatic heterocycles. The first-order valence-corrected chi connectivity index (χ1v) is 8.30. The van der Waals surface area contributed by atoms with E-state index in [4.69, 9.17) is 5.14 Å². The van der Waals surface area contributed by atoms with Gasteiger partial charge in [0.1, 0.15) is 4.90 Å². The summed E-state index contributed by atoms with van der Waals surface area (Å²) in [5.41, 5.74) is -1.60. The van der Waals surface area contributed by atoms with Crippen LogP contribution < -0.4 is 5.14 Å².